The Morgan fingerprint density at radius 1 is 1.31 bits per heavy atom. The van der Waals surface area contributed by atoms with Crippen molar-refractivity contribution in [1.82, 2.24) is 4.98 Å². The van der Waals surface area contributed by atoms with E-state index in [-0.39, 0.29) is 15.9 Å². The highest BCUT2D eigenvalue weighted by molar-refractivity contribution is 6.35. The lowest BCUT2D eigenvalue weighted by Gasteiger charge is -2.07. The van der Waals surface area contributed by atoms with Crippen LogP contribution >= 0.6 is 11.6 Å². The zero-order chi connectivity index (χ0) is 11.9. The molecule has 84 valence electrons. The van der Waals surface area contributed by atoms with Crippen molar-refractivity contribution in [2.24, 2.45) is 0 Å². The number of alkyl halides is 2. The number of fused-ring (bicyclic) bond motifs is 1. The molecular weight excluding hydrogens is 239 g/mol. The van der Waals surface area contributed by atoms with E-state index in [1.165, 1.54) is 12.1 Å². The number of halogens is 4. The number of hydrogen-bond donors (Lipinski definition) is 0. The van der Waals surface area contributed by atoms with Crippen LogP contribution in [0.5, 0.6) is 0 Å². The van der Waals surface area contributed by atoms with E-state index >= 15 is 0 Å². The Bertz CT molecular complexity index is 554. The Morgan fingerprint density at radius 3 is 2.62 bits per heavy atom. The molecule has 0 spiro atoms. The van der Waals surface area contributed by atoms with Crippen LogP contribution in [0.15, 0.2) is 18.2 Å². The summed E-state index contributed by atoms with van der Waals surface area (Å²) in [5.74, 6) is -0.557. The van der Waals surface area contributed by atoms with Gasteiger partial charge in [0.15, 0.2) is 0 Å². The van der Waals surface area contributed by atoms with Gasteiger partial charge in [0.25, 0.3) is 6.43 Å². The first-order valence-electron chi connectivity index (χ1n) is 4.54. The molecule has 0 radical (unpaired) electrons. The maximum Gasteiger partial charge on any atom is 0.280 e. The summed E-state index contributed by atoms with van der Waals surface area (Å²) >= 11 is 5.77. The van der Waals surface area contributed by atoms with Crippen LogP contribution in [0, 0.1) is 12.7 Å². The molecule has 1 aromatic carbocycles. The van der Waals surface area contributed by atoms with Crippen molar-refractivity contribution in [3.05, 3.63) is 40.3 Å². The first-order chi connectivity index (χ1) is 7.50. The van der Waals surface area contributed by atoms with Gasteiger partial charge in [0.2, 0.25) is 0 Å². The van der Waals surface area contributed by atoms with Gasteiger partial charge in [-0.25, -0.2) is 18.2 Å². The molecule has 1 aromatic heterocycles. The van der Waals surface area contributed by atoms with Crippen molar-refractivity contribution in [3.8, 4) is 0 Å². The maximum atomic E-state index is 13.4. The molecule has 16 heavy (non-hydrogen) atoms. The zero-order valence-electron chi connectivity index (χ0n) is 8.27. The minimum atomic E-state index is -2.72. The van der Waals surface area contributed by atoms with Crippen LogP contribution in [0.1, 0.15) is 17.7 Å². The number of benzene rings is 1. The summed E-state index contributed by atoms with van der Waals surface area (Å²) in [5.41, 5.74) is 0.356. The van der Waals surface area contributed by atoms with E-state index in [4.69, 9.17) is 11.6 Å². The lowest BCUT2D eigenvalue weighted by molar-refractivity contribution is 0.146. The first kappa shape index (κ1) is 11.2. The van der Waals surface area contributed by atoms with Gasteiger partial charge in [0.1, 0.15) is 11.5 Å². The van der Waals surface area contributed by atoms with Crippen LogP contribution in [0.4, 0.5) is 13.2 Å². The molecule has 2 aromatic rings. The van der Waals surface area contributed by atoms with Gasteiger partial charge in [0.05, 0.1) is 15.9 Å². The molecule has 5 heteroatoms. The van der Waals surface area contributed by atoms with Crippen molar-refractivity contribution in [1.29, 1.82) is 0 Å². The molecule has 1 nitrogen and oxygen atoms in total. The maximum absolute atomic E-state index is 13.4. The molecule has 0 fully saturated rings. The number of hydrogen-bond acceptors (Lipinski definition) is 1. The fourth-order valence-electron chi connectivity index (χ4n) is 1.52. The number of rotatable bonds is 1. The Labute approximate surface area is 94.9 Å². The topological polar surface area (TPSA) is 12.9 Å². The van der Waals surface area contributed by atoms with Gasteiger partial charge in [-0.1, -0.05) is 17.7 Å². The summed E-state index contributed by atoms with van der Waals surface area (Å²) in [4.78, 5) is 3.72. The molecule has 0 aliphatic rings. The molecule has 1 heterocycles. The monoisotopic (exact) mass is 245 g/mol. The molecular formula is C11H7ClF3N. The van der Waals surface area contributed by atoms with Gasteiger partial charge < -0.3 is 0 Å². The highest BCUT2D eigenvalue weighted by Gasteiger charge is 2.15. The molecule has 0 aliphatic heterocycles. The second-order valence-electron chi connectivity index (χ2n) is 3.42. The molecule has 0 aliphatic carbocycles. The predicted molar refractivity (Wildman–Crippen MR) is 56.4 cm³/mol. The molecule has 0 N–H and O–H groups in total. The van der Waals surface area contributed by atoms with E-state index in [1.807, 2.05) is 0 Å². The predicted octanol–water partition coefficient (Wildman–Crippen LogP) is 4.27. The lowest BCUT2D eigenvalue weighted by atomic mass is 10.1. The SMILES string of the molecule is Cc1ccc(F)c2c(Cl)cc(C(F)F)nc12. The van der Waals surface area contributed by atoms with Crippen LogP contribution in [-0.2, 0) is 0 Å². The number of pyridine rings is 1. The smallest absolute Gasteiger partial charge is 0.246 e. The van der Waals surface area contributed by atoms with Crippen LogP contribution in [0.3, 0.4) is 0 Å². The fraction of sp³-hybridized carbons (Fsp3) is 0.182. The number of nitrogens with zero attached hydrogens (tertiary/aromatic N) is 1. The van der Waals surface area contributed by atoms with Crippen molar-refractivity contribution in [2.75, 3.05) is 0 Å². The van der Waals surface area contributed by atoms with E-state index in [2.05, 4.69) is 4.98 Å². The van der Waals surface area contributed by atoms with Gasteiger partial charge in [-0.3, -0.25) is 0 Å². The standard InChI is InChI=1S/C11H7ClF3N/c1-5-2-3-7(13)9-6(12)4-8(11(14)15)16-10(5)9/h2-4,11H,1H3. The Hall–Kier alpha value is -1.29. The van der Waals surface area contributed by atoms with Crippen molar-refractivity contribution < 1.29 is 13.2 Å². The fourth-order valence-corrected chi connectivity index (χ4v) is 1.81. The van der Waals surface area contributed by atoms with Gasteiger partial charge >= 0.3 is 0 Å². The molecule has 0 unspecified atom stereocenters. The van der Waals surface area contributed by atoms with Crippen molar-refractivity contribution in [3.63, 3.8) is 0 Å². The minimum Gasteiger partial charge on any atom is -0.246 e. The van der Waals surface area contributed by atoms with E-state index in [9.17, 15) is 13.2 Å². The largest absolute Gasteiger partial charge is 0.280 e. The minimum absolute atomic E-state index is 0.0403. The number of aromatic nitrogens is 1. The molecule has 0 saturated heterocycles. The highest BCUT2D eigenvalue weighted by Crippen LogP contribution is 2.30. The van der Waals surface area contributed by atoms with Gasteiger partial charge in [-0.2, -0.15) is 0 Å². The lowest BCUT2D eigenvalue weighted by Crippen LogP contribution is -1.95. The summed E-state index contributed by atoms with van der Waals surface area (Å²) < 4.78 is 38.4. The summed E-state index contributed by atoms with van der Waals surface area (Å²) in [6.07, 6.45) is -2.72. The third kappa shape index (κ3) is 1.73. The molecule has 2 rings (SSSR count). The summed E-state index contributed by atoms with van der Waals surface area (Å²) in [6, 6.07) is 3.72. The Kier molecular flexibility index (Phi) is 2.76. The quantitative estimate of drug-likeness (QED) is 0.731. The summed E-state index contributed by atoms with van der Waals surface area (Å²) in [7, 11) is 0. The van der Waals surface area contributed by atoms with Gasteiger partial charge in [0, 0.05) is 0 Å². The van der Waals surface area contributed by atoms with Crippen molar-refractivity contribution in [2.45, 2.75) is 13.3 Å². The summed E-state index contributed by atoms with van der Waals surface area (Å²) in [6.45, 7) is 1.67. The van der Waals surface area contributed by atoms with E-state index in [0.717, 1.165) is 6.07 Å². The Balaban J connectivity index is 2.86. The van der Waals surface area contributed by atoms with Crippen LogP contribution in [0.25, 0.3) is 10.9 Å². The van der Waals surface area contributed by atoms with E-state index in [1.54, 1.807) is 6.92 Å². The van der Waals surface area contributed by atoms with Crippen molar-refractivity contribution >= 4 is 22.5 Å². The molecule has 0 amide bonds. The second kappa shape index (κ2) is 3.94. The van der Waals surface area contributed by atoms with Crippen LogP contribution in [-0.4, -0.2) is 4.98 Å². The normalized spacial score (nSPS) is 11.4. The van der Waals surface area contributed by atoms with E-state index < -0.39 is 17.9 Å². The van der Waals surface area contributed by atoms with Crippen LogP contribution in [0.2, 0.25) is 5.02 Å². The van der Waals surface area contributed by atoms with Crippen LogP contribution < -0.4 is 0 Å². The number of aryl methyl sites for hydroxylation is 1. The third-order valence-electron chi connectivity index (χ3n) is 2.31. The zero-order valence-corrected chi connectivity index (χ0v) is 9.02. The molecule has 0 saturated carbocycles. The molecule has 0 atom stereocenters. The Morgan fingerprint density at radius 2 is 2.00 bits per heavy atom. The van der Waals surface area contributed by atoms with Gasteiger partial charge in [-0.15, -0.1) is 0 Å². The summed E-state index contributed by atoms with van der Waals surface area (Å²) in [5, 5.41) is 0.0487. The van der Waals surface area contributed by atoms with Gasteiger partial charge in [-0.05, 0) is 24.6 Å². The molecule has 0 bridgehead atoms. The average molecular weight is 246 g/mol. The first-order valence-corrected chi connectivity index (χ1v) is 4.92. The second-order valence-corrected chi connectivity index (χ2v) is 3.82. The van der Waals surface area contributed by atoms with E-state index in [0.29, 0.717) is 5.56 Å². The third-order valence-corrected chi connectivity index (χ3v) is 2.60. The average Bonchev–Trinajstić information content (AvgIpc) is 2.22. The highest BCUT2D eigenvalue weighted by atomic mass is 35.5.